The quantitative estimate of drug-likeness (QED) is 0.870. The lowest BCUT2D eigenvalue weighted by Crippen LogP contribution is -2.32. The highest BCUT2D eigenvalue weighted by Crippen LogP contribution is 2.18. The molecule has 0 aromatic heterocycles. The van der Waals surface area contributed by atoms with Crippen LogP contribution in [0, 0.1) is 5.82 Å². The molecule has 0 atom stereocenters. The normalized spacial score (nSPS) is 10.3. The van der Waals surface area contributed by atoms with E-state index in [1.54, 1.807) is 23.1 Å². The maximum atomic E-state index is 12.9. The van der Waals surface area contributed by atoms with Gasteiger partial charge in [0.05, 0.1) is 6.42 Å². The van der Waals surface area contributed by atoms with Gasteiger partial charge in [0.15, 0.2) is 0 Å². The van der Waals surface area contributed by atoms with Crippen molar-refractivity contribution in [1.29, 1.82) is 0 Å². The molecule has 0 heterocycles. The van der Waals surface area contributed by atoms with Gasteiger partial charge in [0, 0.05) is 17.9 Å². The number of amides is 1. The molecule has 3 nitrogen and oxygen atoms in total. The van der Waals surface area contributed by atoms with Gasteiger partial charge >= 0.3 is 0 Å². The minimum Gasteiger partial charge on any atom is -0.398 e. The second-order valence-corrected chi connectivity index (χ2v) is 4.49. The lowest BCUT2D eigenvalue weighted by Gasteiger charge is -2.21. The Hall–Kier alpha value is -2.36. The van der Waals surface area contributed by atoms with Crippen LogP contribution in [0.5, 0.6) is 0 Å². The van der Waals surface area contributed by atoms with E-state index in [-0.39, 0.29) is 18.1 Å². The van der Waals surface area contributed by atoms with Crippen LogP contribution in [0.2, 0.25) is 0 Å². The number of para-hydroxylation sites is 1. The Morgan fingerprint density at radius 1 is 1.15 bits per heavy atom. The van der Waals surface area contributed by atoms with Gasteiger partial charge in [-0.15, -0.1) is 0 Å². The Labute approximate surface area is 117 Å². The molecule has 104 valence electrons. The third-order valence-electron chi connectivity index (χ3n) is 3.15. The number of hydrogen-bond donors (Lipinski definition) is 1. The lowest BCUT2D eigenvalue weighted by molar-refractivity contribution is -0.117. The molecule has 2 aromatic carbocycles. The molecule has 2 aromatic rings. The molecule has 0 aliphatic carbocycles. The lowest BCUT2D eigenvalue weighted by atomic mass is 10.1. The Morgan fingerprint density at radius 3 is 2.40 bits per heavy atom. The van der Waals surface area contributed by atoms with Crippen molar-refractivity contribution in [3.63, 3.8) is 0 Å². The van der Waals surface area contributed by atoms with Gasteiger partial charge in [0.2, 0.25) is 5.91 Å². The highest BCUT2D eigenvalue weighted by molar-refractivity contribution is 5.95. The summed E-state index contributed by atoms with van der Waals surface area (Å²) in [5.74, 6) is -0.374. The van der Waals surface area contributed by atoms with Crippen molar-refractivity contribution in [2.24, 2.45) is 0 Å². The van der Waals surface area contributed by atoms with Crippen molar-refractivity contribution in [3.8, 4) is 0 Å². The van der Waals surface area contributed by atoms with Crippen LogP contribution in [0.25, 0.3) is 0 Å². The van der Waals surface area contributed by atoms with Gasteiger partial charge in [-0.1, -0.05) is 18.2 Å². The minimum absolute atomic E-state index is 0.0583. The first-order valence-corrected chi connectivity index (χ1v) is 6.51. The second-order valence-electron chi connectivity index (χ2n) is 4.49. The molecule has 20 heavy (non-hydrogen) atoms. The molecule has 0 saturated carbocycles. The summed E-state index contributed by atoms with van der Waals surface area (Å²) < 4.78 is 12.9. The van der Waals surface area contributed by atoms with E-state index < -0.39 is 0 Å². The zero-order valence-corrected chi connectivity index (χ0v) is 11.3. The monoisotopic (exact) mass is 272 g/mol. The minimum atomic E-state index is -0.315. The van der Waals surface area contributed by atoms with Crippen LogP contribution in [0.15, 0.2) is 48.5 Å². The predicted octanol–water partition coefficient (Wildman–Crippen LogP) is 3.00. The molecule has 0 unspecified atom stereocenters. The summed E-state index contributed by atoms with van der Waals surface area (Å²) in [5, 5.41) is 0. The highest BCUT2D eigenvalue weighted by Gasteiger charge is 2.15. The first-order chi connectivity index (χ1) is 9.61. The number of halogens is 1. The van der Waals surface area contributed by atoms with Crippen molar-refractivity contribution in [2.45, 2.75) is 13.3 Å². The molecule has 2 N–H and O–H groups in total. The first kappa shape index (κ1) is 14.1. The number of nitrogen functional groups attached to an aromatic ring is 1. The Balaban J connectivity index is 2.18. The highest BCUT2D eigenvalue weighted by atomic mass is 19.1. The van der Waals surface area contributed by atoms with E-state index in [1.807, 2.05) is 25.1 Å². The number of carbonyl (C=O) groups is 1. The van der Waals surface area contributed by atoms with Crippen molar-refractivity contribution in [3.05, 3.63) is 59.9 Å². The summed E-state index contributed by atoms with van der Waals surface area (Å²) in [7, 11) is 0. The van der Waals surface area contributed by atoms with Crippen LogP contribution in [-0.2, 0) is 11.2 Å². The molecule has 2 rings (SSSR count). The van der Waals surface area contributed by atoms with Gasteiger partial charge in [-0.05, 0) is 42.8 Å². The zero-order valence-electron chi connectivity index (χ0n) is 11.3. The molecule has 0 radical (unpaired) electrons. The third kappa shape index (κ3) is 3.15. The third-order valence-corrected chi connectivity index (χ3v) is 3.15. The molecule has 4 heteroatoms. The molecule has 1 amide bonds. The number of nitrogens with zero attached hydrogens (tertiary/aromatic N) is 1. The summed E-state index contributed by atoms with van der Waals surface area (Å²) in [6.45, 7) is 2.41. The van der Waals surface area contributed by atoms with Gasteiger partial charge in [-0.2, -0.15) is 0 Å². The van der Waals surface area contributed by atoms with Crippen LogP contribution in [0.3, 0.4) is 0 Å². The van der Waals surface area contributed by atoms with Gasteiger partial charge < -0.3 is 10.6 Å². The summed E-state index contributed by atoms with van der Waals surface area (Å²) in [6.07, 6.45) is 0.234. The van der Waals surface area contributed by atoms with Crippen LogP contribution < -0.4 is 10.6 Å². The van der Waals surface area contributed by atoms with Crippen LogP contribution in [-0.4, -0.2) is 12.5 Å². The Morgan fingerprint density at radius 2 is 1.80 bits per heavy atom. The number of likely N-dealkylation sites (N-methyl/N-ethyl adjacent to an activating group) is 1. The Kier molecular flexibility index (Phi) is 4.35. The van der Waals surface area contributed by atoms with Crippen molar-refractivity contribution in [2.75, 3.05) is 17.2 Å². The number of hydrogen-bond acceptors (Lipinski definition) is 2. The molecule has 0 spiro atoms. The van der Waals surface area contributed by atoms with E-state index in [4.69, 9.17) is 5.73 Å². The smallest absolute Gasteiger partial charge is 0.231 e. The largest absolute Gasteiger partial charge is 0.398 e. The maximum Gasteiger partial charge on any atom is 0.231 e. The summed E-state index contributed by atoms with van der Waals surface area (Å²) in [4.78, 5) is 14.0. The fraction of sp³-hybridized carbons (Fsp3) is 0.188. The fourth-order valence-corrected chi connectivity index (χ4v) is 2.08. The van der Waals surface area contributed by atoms with E-state index in [9.17, 15) is 9.18 Å². The van der Waals surface area contributed by atoms with Crippen LogP contribution in [0.4, 0.5) is 15.8 Å². The summed E-state index contributed by atoms with van der Waals surface area (Å²) in [6, 6.07) is 13.2. The average molecular weight is 272 g/mol. The molecular formula is C16H17FN2O. The number of rotatable bonds is 4. The molecular weight excluding hydrogens is 255 g/mol. The standard InChI is InChI=1S/C16H17FN2O/c1-2-19(14-9-7-13(17)8-10-14)16(20)11-12-5-3-4-6-15(12)18/h3-10H,2,11,18H2,1H3. The van der Waals surface area contributed by atoms with Crippen molar-refractivity contribution in [1.82, 2.24) is 0 Å². The number of anilines is 2. The van der Waals surface area contributed by atoms with E-state index >= 15 is 0 Å². The number of nitrogens with two attached hydrogens (primary N) is 1. The summed E-state index contributed by atoms with van der Waals surface area (Å²) >= 11 is 0. The van der Waals surface area contributed by atoms with Gasteiger partial charge in [-0.25, -0.2) is 4.39 Å². The molecule has 0 fully saturated rings. The van der Waals surface area contributed by atoms with E-state index in [2.05, 4.69) is 0 Å². The Bertz CT molecular complexity index is 596. The molecule has 0 aliphatic rings. The predicted molar refractivity (Wildman–Crippen MR) is 79.0 cm³/mol. The van der Waals surface area contributed by atoms with E-state index in [1.165, 1.54) is 12.1 Å². The topological polar surface area (TPSA) is 46.3 Å². The van der Waals surface area contributed by atoms with Gasteiger partial charge in [0.25, 0.3) is 0 Å². The van der Waals surface area contributed by atoms with Crippen molar-refractivity contribution < 1.29 is 9.18 Å². The number of carbonyl (C=O) groups excluding carboxylic acids is 1. The SMILES string of the molecule is CCN(C(=O)Cc1ccccc1N)c1ccc(F)cc1. The van der Waals surface area contributed by atoms with E-state index in [0.29, 0.717) is 17.9 Å². The van der Waals surface area contributed by atoms with Gasteiger partial charge in [0.1, 0.15) is 5.82 Å². The van der Waals surface area contributed by atoms with Crippen molar-refractivity contribution >= 4 is 17.3 Å². The molecule has 0 saturated heterocycles. The van der Waals surface area contributed by atoms with Crippen LogP contribution >= 0.6 is 0 Å². The zero-order chi connectivity index (χ0) is 14.5. The average Bonchev–Trinajstić information content (AvgIpc) is 2.44. The first-order valence-electron chi connectivity index (χ1n) is 6.51. The maximum absolute atomic E-state index is 12.9. The molecule has 0 aliphatic heterocycles. The second kappa shape index (κ2) is 6.19. The number of benzene rings is 2. The fourth-order valence-electron chi connectivity index (χ4n) is 2.08. The summed E-state index contributed by atoms with van der Waals surface area (Å²) in [5.41, 5.74) is 7.95. The van der Waals surface area contributed by atoms with E-state index in [0.717, 1.165) is 5.56 Å². The molecule has 0 bridgehead atoms. The van der Waals surface area contributed by atoms with Crippen LogP contribution in [0.1, 0.15) is 12.5 Å². The van der Waals surface area contributed by atoms with Gasteiger partial charge in [-0.3, -0.25) is 4.79 Å².